The highest BCUT2D eigenvalue weighted by Crippen LogP contribution is 2.69. The summed E-state index contributed by atoms with van der Waals surface area (Å²) < 4.78 is 60.5. The van der Waals surface area contributed by atoms with Gasteiger partial charge in [-0.25, -0.2) is 0 Å². The predicted octanol–water partition coefficient (Wildman–Crippen LogP) is -5.86. The van der Waals surface area contributed by atoms with Crippen molar-refractivity contribution in [3.8, 4) is 0 Å². The number of fused-ring (bicyclic) bond motifs is 5. The molecule has 0 radical (unpaired) electrons. The van der Waals surface area contributed by atoms with Crippen LogP contribution >= 0.6 is 0 Å². The Bertz CT molecular complexity index is 2070. The van der Waals surface area contributed by atoms with Crippen LogP contribution in [0.2, 0.25) is 0 Å². The maximum Gasteiger partial charge on any atom is 0.187 e. The molecular weight excluding hydrogens is 1120 g/mol. The van der Waals surface area contributed by atoms with Gasteiger partial charge in [0, 0.05) is 6.61 Å². The molecule has 36 atom stereocenters. The van der Waals surface area contributed by atoms with Crippen LogP contribution in [-0.2, 0) is 47.4 Å². The van der Waals surface area contributed by atoms with Crippen LogP contribution in [0.25, 0.3) is 0 Å². The van der Waals surface area contributed by atoms with Gasteiger partial charge in [-0.2, -0.15) is 0 Å². The molecule has 84 heavy (non-hydrogen) atoms. The van der Waals surface area contributed by atoms with Gasteiger partial charge in [0.15, 0.2) is 31.5 Å². The van der Waals surface area contributed by atoms with Gasteiger partial charge >= 0.3 is 0 Å². The number of hydrogen-bond donors (Lipinski definition) is 18. The molecular formula is C56H96O28. The van der Waals surface area contributed by atoms with Gasteiger partial charge < -0.3 is 139 Å². The number of aliphatic hydroxyl groups is 18. The zero-order chi connectivity index (χ0) is 61.0. The summed E-state index contributed by atoms with van der Waals surface area (Å²) in [5.74, 6) is 0.566. The number of rotatable bonds is 20. The normalized spacial score (nSPS) is 52.9. The van der Waals surface area contributed by atoms with E-state index in [-0.39, 0.29) is 59.6 Å². The molecule has 28 heteroatoms. The Kier molecular flexibility index (Phi) is 22.2. The SMILES string of the molecule is C[C@H](CO)CC[C@H](O)[C@@H](C)[C@H]1[C@@H](O[C@@H]2OC[C@@H](O)[C@H](O)[C@H]2O)C[C@H]2[C@@H]3CC[C@H]4C[C@@H](O[C@@H]5O[C@H](CO)[C@H](O[C@@H]6O[C@H](CO)[C@@H](O)[C@H](O[C@@H]7O[C@H](CO)[C@@H](O)[C@H](O)[C@H]7O)[C@H]6O[C@@H]6O[C@H](CO)[C@@H](O)[C@H](O)[C@H]6O)[C@H](O)[C@H]5O)CC[C@]4(C)[C@H]3CC[C@]12C. The third-order valence-electron chi connectivity index (χ3n) is 21.4. The monoisotopic (exact) mass is 1220 g/mol. The van der Waals surface area contributed by atoms with E-state index in [1.54, 1.807) is 0 Å². The second kappa shape index (κ2) is 27.8. The molecule has 28 nitrogen and oxygen atoms in total. The van der Waals surface area contributed by atoms with Gasteiger partial charge in [0.25, 0.3) is 0 Å². The van der Waals surface area contributed by atoms with Crippen LogP contribution in [0.15, 0.2) is 0 Å². The summed E-state index contributed by atoms with van der Waals surface area (Å²) in [5.41, 5.74) is -0.410. The summed E-state index contributed by atoms with van der Waals surface area (Å²) in [4.78, 5) is 0. The van der Waals surface area contributed by atoms with Crippen LogP contribution in [-0.4, -0.2) is 297 Å². The zero-order valence-electron chi connectivity index (χ0n) is 48.1. The first-order chi connectivity index (χ1) is 39.8. The molecule has 0 unspecified atom stereocenters. The lowest BCUT2D eigenvalue weighted by Gasteiger charge is -2.61. The Balaban J connectivity index is 0.889. The van der Waals surface area contributed by atoms with Crippen LogP contribution in [0.3, 0.4) is 0 Å². The minimum Gasteiger partial charge on any atom is -0.396 e. The molecule has 0 spiro atoms. The summed E-state index contributed by atoms with van der Waals surface area (Å²) in [7, 11) is 0. The zero-order valence-corrected chi connectivity index (χ0v) is 48.1. The second-order valence-electron chi connectivity index (χ2n) is 26.3. The van der Waals surface area contributed by atoms with E-state index in [4.69, 9.17) is 47.4 Å². The minimum absolute atomic E-state index is 0.0103. The van der Waals surface area contributed by atoms with Crippen LogP contribution in [0.1, 0.15) is 91.9 Å². The van der Waals surface area contributed by atoms with Gasteiger partial charge in [-0.1, -0.05) is 27.7 Å². The van der Waals surface area contributed by atoms with E-state index < -0.39 is 192 Å². The standard InChI is InChI=1S/C56H96O28/c1-21(15-57)5-8-28(62)22(2)35-30(77-50-43(71)36(64)29(63)20-75-50)14-27-25-7-6-23-13-24(9-11-55(23,3)26(25)10-12-56(27,35)4)76-51-46(74)42(70)47(34(19-61)81-51)82-54-49(84-53-45(73)41(69)38(66)32(17-59)79-53)48(39(67)33(18-60)80-54)83-52-44(72)40(68)37(65)31(16-58)78-52/h21-54,57-74H,5-20H2,1-4H3/t21-,22+,23-,24-,25+,26-,27-,28-,29+,30-,31+,32+,33+,34+,35-,36-,37+,38+,39+,40-,41-,42+,43+,44+,45+,46+,47-,48-,49+,50-,51+,52-,53-,54-,55-,56-/m0/s1. The Morgan fingerprint density at radius 1 is 0.464 bits per heavy atom. The summed E-state index contributed by atoms with van der Waals surface area (Å²) >= 11 is 0. The third kappa shape index (κ3) is 12.9. The lowest BCUT2D eigenvalue weighted by Crippen LogP contribution is -2.68. The molecule has 5 aliphatic heterocycles. The maximum absolute atomic E-state index is 11.9. The summed E-state index contributed by atoms with van der Waals surface area (Å²) in [6.45, 7) is 4.85. The van der Waals surface area contributed by atoms with Gasteiger partial charge in [-0.15, -0.1) is 0 Å². The number of aliphatic hydroxyl groups excluding tert-OH is 18. The van der Waals surface area contributed by atoms with E-state index >= 15 is 0 Å². The first kappa shape index (κ1) is 67.3. The summed E-state index contributed by atoms with van der Waals surface area (Å²) in [6.07, 6.45) is -36.6. The highest BCUT2D eigenvalue weighted by molar-refractivity contribution is 5.13. The molecule has 5 saturated heterocycles. The molecule has 5 heterocycles. The van der Waals surface area contributed by atoms with Crippen LogP contribution < -0.4 is 0 Å². The fourth-order valence-electron chi connectivity index (χ4n) is 16.4. The molecule has 0 aromatic heterocycles. The van der Waals surface area contributed by atoms with Crippen molar-refractivity contribution in [2.75, 3.05) is 39.6 Å². The highest BCUT2D eigenvalue weighted by Gasteiger charge is 2.65. The highest BCUT2D eigenvalue weighted by atomic mass is 16.8. The van der Waals surface area contributed by atoms with E-state index in [1.165, 1.54) is 0 Å². The van der Waals surface area contributed by atoms with Crippen molar-refractivity contribution in [1.82, 2.24) is 0 Å². The molecule has 4 saturated carbocycles. The van der Waals surface area contributed by atoms with Gasteiger partial charge in [-0.05, 0) is 116 Å². The molecule has 9 aliphatic rings. The van der Waals surface area contributed by atoms with Crippen molar-refractivity contribution >= 4 is 0 Å². The molecule has 0 aromatic rings. The molecule has 0 bridgehead atoms. The van der Waals surface area contributed by atoms with Crippen molar-refractivity contribution in [3.63, 3.8) is 0 Å². The lowest BCUT2D eigenvalue weighted by atomic mass is 9.44. The fourth-order valence-corrected chi connectivity index (χ4v) is 16.4. The number of ether oxygens (including phenoxy) is 10. The molecule has 9 fully saturated rings. The molecule has 4 aliphatic carbocycles. The summed E-state index contributed by atoms with van der Waals surface area (Å²) in [5, 5.41) is 194. The van der Waals surface area contributed by atoms with Crippen molar-refractivity contribution in [3.05, 3.63) is 0 Å². The van der Waals surface area contributed by atoms with Crippen molar-refractivity contribution in [1.29, 1.82) is 0 Å². The Morgan fingerprint density at radius 2 is 0.988 bits per heavy atom. The smallest absolute Gasteiger partial charge is 0.187 e. The average molecular weight is 1220 g/mol. The minimum atomic E-state index is -2.07. The van der Waals surface area contributed by atoms with Crippen LogP contribution in [0.4, 0.5) is 0 Å². The molecule has 0 amide bonds. The van der Waals surface area contributed by atoms with Crippen molar-refractivity contribution in [2.45, 2.75) is 258 Å². The Labute approximate surface area is 487 Å². The van der Waals surface area contributed by atoms with Crippen molar-refractivity contribution in [2.24, 2.45) is 52.3 Å². The van der Waals surface area contributed by atoms with E-state index in [0.717, 1.165) is 32.1 Å². The molecule has 18 N–H and O–H groups in total. The molecule has 0 aromatic carbocycles. The quantitative estimate of drug-likeness (QED) is 0.0505. The van der Waals surface area contributed by atoms with E-state index in [0.29, 0.717) is 38.0 Å². The molecule has 9 rings (SSSR count). The van der Waals surface area contributed by atoms with E-state index in [1.807, 2.05) is 13.8 Å². The van der Waals surface area contributed by atoms with Gasteiger partial charge in [-0.3, -0.25) is 0 Å². The van der Waals surface area contributed by atoms with Gasteiger partial charge in [0.2, 0.25) is 0 Å². The number of hydrogen-bond acceptors (Lipinski definition) is 28. The second-order valence-corrected chi connectivity index (χ2v) is 26.3. The lowest BCUT2D eigenvalue weighted by molar-refractivity contribution is -0.406. The van der Waals surface area contributed by atoms with E-state index in [2.05, 4.69) is 13.8 Å². The first-order valence-electron chi connectivity index (χ1n) is 30.3. The summed E-state index contributed by atoms with van der Waals surface area (Å²) in [6, 6.07) is 0. The average Bonchev–Trinajstić information content (AvgIpc) is 1.67. The van der Waals surface area contributed by atoms with Crippen LogP contribution in [0.5, 0.6) is 0 Å². The fraction of sp³-hybridized carbons (Fsp3) is 1.00. The largest absolute Gasteiger partial charge is 0.396 e. The van der Waals surface area contributed by atoms with Gasteiger partial charge in [0.1, 0.15) is 116 Å². The Hall–Kier alpha value is -1.12. The van der Waals surface area contributed by atoms with E-state index in [9.17, 15) is 91.9 Å². The molecule has 488 valence electrons. The Morgan fingerprint density at radius 3 is 1.60 bits per heavy atom. The first-order valence-corrected chi connectivity index (χ1v) is 30.3. The topological polar surface area (TPSA) is 456 Å². The predicted molar refractivity (Wildman–Crippen MR) is 280 cm³/mol. The third-order valence-corrected chi connectivity index (χ3v) is 21.4. The van der Waals surface area contributed by atoms with Crippen LogP contribution in [0, 0.1) is 52.3 Å². The van der Waals surface area contributed by atoms with Gasteiger partial charge in [0.05, 0.1) is 51.3 Å². The maximum atomic E-state index is 11.9. The van der Waals surface area contributed by atoms with Crippen molar-refractivity contribution < 1.29 is 139 Å².